The van der Waals surface area contributed by atoms with Crippen LogP contribution in [0.5, 0.6) is 11.5 Å². The van der Waals surface area contributed by atoms with E-state index in [1.54, 1.807) is 20.3 Å². The summed E-state index contributed by atoms with van der Waals surface area (Å²) in [6, 6.07) is 14.6. The molecule has 172 valence electrons. The number of carbonyl (C=O) groups excluding carboxylic acids is 1. The Hall–Kier alpha value is -2.86. The van der Waals surface area contributed by atoms with Gasteiger partial charge in [-0.3, -0.25) is 4.79 Å². The molecule has 1 heterocycles. The van der Waals surface area contributed by atoms with Gasteiger partial charge in [0.1, 0.15) is 17.3 Å². The number of aryl methyl sites for hydroxylation is 1. The average Bonchev–Trinajstić information content (AvgIpc) is 2.97. The number of methoxy groups -OCH3 is 2. The molecule has 0 saturated carbocycles. The molecule has 0 aromatic heterocycles. The normalized spacial score (nSPS) is 13.5. The smallest absolute Gasteiger partial charge is 0.254 e. The van der Waals surface area contributed by atoms with Gasteiger partial charge in [0.05, 0.1) is 14.2 Å². The summed E-state index contributed by atoms with van der Waals surface area (Å²) in [6.07, 6.45) is 1.63. The first-order valence-corrected chi connectivity index (χ1v) is 12.0. The Morgan fingerprint density at radius 2 is 1.64 bits per heavy atom. The van der Waals surface area contributed by atoms with Gasteiger partial charge in [0, 0.05) is 30.0 Å². The first-order valence-electron chi connectivity index (χ1n) is 10.9. The molecular weight excluding hydrogens is 485 g/mol. The minimum atomic E-state index is -0.255. The maximum absolute atomic E-state index is 13.8. The minimum Gasteiger partial charge on any atom is -0.497 e. The SMILES string of the molecule is COc1cc(CN2CCCc3c(cc(CBr)cc3-c3ccc(F)cc3C)C2=O)cc(OC)c1. The van der Waals surface area contributed by atoms with Crippen LogP contribution in [0.1, 0.15) is 39.0 Å². The number of hydrogen-bond donors (Lipinski definition) is 0. The van der Waals surface area contributed by atoms with E-state index in [9.17, 15) is 9.18 Å². The molecule has 1 aliphatic rings. The van der Waals surface area contributed by atoms with Crippen LogP contribution in [0.15, 0.2) is 48.5 Å². The van der Waals surface area contributed by atoms with Gasteiger partial charge in [0.15, 0.2) is 0 Å². The summed E-state index contributed by atoms with van der Waals surface area (Å²) in [7, 11) is 3.24. The van der Waals surface area contributed by atoms with E-state index in [1.165, 1.54) is 6.07 Å². The standard InChI is InChI=1S/C27H27BrFNO3/c1-17-9-20(29)6-7-23(17)25-12-18(15-28)13-26-24(25)5-4-8-30(27(26)31)16-19-10-21(32-2)14-22(11-19)33-3/h6-7,9-14H,4-5,8,15-16H2,1-3H3. The molecule has 0 saturated heterocycles. The molecule has 0 aliphatic carbocycles. The van der Waals surface area contributed by atoms with E-state index in [2.05, 4.69) is 22.0 Å². The van der Waals surface area contributed by atoms with Crippen LogP contribution in [-0.2, 0) is 18.3 Å². The van der Waals surface area contributed by atoms with Crippen LogP contribution in [-0.4, -0.2) is 31.6 Å². The fourth-order valence-corrected chi connectivity index (χ4v) is 4.81. The molecule has 0 N–H and O–H groups in total. The van der Waals surface area contributed by atoms with Crippen molar-refractivity contribution in [2.75, 3.05) is 20.8 Å². The number of carbonyl (C=O) groups is 1. The van der Waals surface area contributed by atoms with Crippen molar-refractivity contribution in [1.82, 2.24) is 4.90 Å². The predicted molar refractivity (Wildman–Crippen MR) is 132 cm³/mol. The second kappa shape index (κ2) is 9.96. The lowest BCUT2D eigenvalue weighted by Gasteiger charge is -2.22. The average molecular weight is 512 g/mol. The number of halogens is 2. The summed E-state index contributed by atoms with van der Waals surface area (Å²) < 4.78 is 24.5. The number of ether oxygens (including phenoxy) is 2. The van der Waals surface area contributed by atoms with E-state index < -0.39 is 0 Å². The Morgan fingerprint density at radius 1 is 0.939 bits per heavy atom. The van der Waals surface area contributed by atoms with E-state index in [1.807, 2.05) is 42.2 Å². The fourth-order valence-electron chi connectivity index (χ4n) is 4.49. The molecule has 4 rings (SSSR count). The van der Waals surface area contributed by atoms with E-state index in [-0.39, 0.29) is 11.7 Å². The van der Waals surface area contributed by atoms with Crippen molar-refractivity contribution in [1.29, 1.82) is 0 Å². The van der Waals surface area contributed by atoms with Crippen LogP contribution < -0.4 is 9.47 Å². The molecule has 4 nitrogen and oxygen atoms in total. The van der Waals surface area contributed by atoms with Crippen LogP contribution in [0, 0.1) is 12.7 Å². The molecule has 6 heteroatoms. The summed E-state index contributed by atoms with van der Waals surface area (Å²) in [5, 5.41) is 0.633. The Morgan fingerprint density at radius 3 is 2.27 bits per heavy atom. The van der Waals surface area contributed by atoms with Crippen molar-refractivity contribution in [3.05, 3.63) is 82.2 Å². The van der Waals surface area contributed by atoms with Gasteiger partial charge in [0.2, 0.25) is 0 Å². The van der Waals surface area contributed by atoms with E-state index >= 15 is 0 Å². The highest BCUT2D eigenvalue weighted by Gasteiger charge is 2.26. The topological polar surface area (TPSA) is 38.8 Å². The van der Waals surface area contributed by atoms with Crippen LogP contribution in [0.2, 0.25) is 0 Å². The second-order valence-electron chi connectivity index (χ2n) is 8.31. The molecule has 0 bridgehead atoms. The fraction of sp³-hybridized carbons (Fsp3) is 0.296. The molecule has 0 spiro atoms. The van der Waals surface area contributed by atoms with Gasteiger partial charge in [-0.2, -0.15) is 0 Å². The lowest BCUT2D eigenvalue weighted by atomic mass is 9.89. The van der Waals surface area contributed by atoms with Gasteiger partial charge >= 0.3 is 0 Å². The first-order chi connectivity index (χ1) is 15.9. The summed E-state index contributed by atoms with van der Waals surface area (Å²) in [5.41, 5.74) is 6.57. The highest BCUT2D eigenvalue weighted by molar-refractivity contribution is 9.08. The second-order valence-corrected chi connectivity index (χ2v) is 8.87. The largest absolute Gasteiger partial charge is 0.497 e. The lowest BCUT2D eigenvalue weighted by molar-refractivity contribution is 0.0748. The highest BCUT2D eigenvalue weighted by Crippen LogP contribution is 2.35. The molecule has 0 fully saturated rings. The Kier molecular flexibility index (Phi) is 7.03. The summed E-state index contributed by atoms with van der Waals surface area (Å²) in [5.74, 6) is 1.15. The van der Waals surface area contributed by atoms with Crippen LogP contribution in [0.3, 0.4) is 0 Å². The van der Waals surface area contributed by atoms with Crippen molar-refractivity contribution in [3.63, 3.8) is 0 Å². The molecule has 33 heavy (non-hydrogen) atoms. The van der Waals surface area contributed by atoms with Crippen molar-refractivity contribution in [3.8, 4) is 22.6 Å². The third-order valence-corrected chi connectivity index (χ3v) is 6.75. The van der Waals surface area contributed by atoms with Gasteiger partial charge in [-0.15, -0.1) is 0 Å². The van der Waals surface area contributed by atoms with E-state index in [0.717, 1.165) is 51.8 Å². The quantitative estimate of drug-likeness (QED) is 0.364. The molecule has 0 radical (unpaired) electrons. The zero-order valence-electron chi connectivity index (χ0n) is 19.1. The molecule has 0 unspecified atom stereocenters. The third-order valence-electron chi connectivity index (χ3n) is 6.10. The summed E-state index contributed by atoms with van der Waals surface area (Å²) in [6.45, 7) is 3.03. The number of alkyl halides is 1. The maximum Gasteiger partial charge on any atom is 0.254 e. The number of rotatable bonds is 6. The van der Waals surface area contributed by atoms with Crippen molar-refractivity contribution >= 4 is 21.8 Å². The number of fused-ring (bicyclic) bond motifs is 1. The molecule has 3 aromatic rings. The molecule has 1 amide bonds. The maximum atomic E-state index is 13.8. The molecule has 0 atom stereocenters. The Labute approximate surface area is 202 Å². The third kappa shape index (κ3) is 4.91. The van der Waals surface area contributed by atoms with Crippen molar-refractivity contribution < 1.29 is 18.7 Å². The van der Waals surface area contributed by atoms with E-state index in [4.69, 9.17) is 9.47 Å². The Balaban J connectivity index is 1.75. The van der Waals surface area contributed by atoms with Crippen LogP contribution in [0.25, 0.3) is 11.1 Å². The van der Waals surface area contributed by atoms with Crippen LogP contribution >= 0.6 is 15.9 Å². The summed E-state index contributed by atoms with van der Waals surface area (Å²) in [4.78, 5) is 15.6. The predicted octanol–water partition coefficient (Wildman–Crippen LogP) is 6.30. The van der Waals surface area contributed by atoms with E-state index in [0.29, 0.717) is 29.9 Å². The van der Waals surface area contributed by atoms with Gasteiger partial charge in [-0.25, -0.2) is 4.39 Å². The number of hydrogen-bond acceptors (Lipinski definition) is 3. The molecule has 3 aromatic carbocycles. The highest BCUT2D eigenvalue weighted by atomic mass is 79.9. The zero-order valence-corrected chi connectivity index (χ0v) is 20.7. The number of benzene rings is 3. The number of amides is 1. The van der Waals surface area contributed by atoms with Gasteiger partial charge in [-0.1, -0.05) is 22.0 Å². The molecule has 1 aliphatic heterocycles. The summed E-state index contributed by atoms with van der Waals surface area (Å²) >= 11 is 3.55. The Bertz CT molecular complexity index is 1170. The lowest BCUT2D eigenvalue weighted by Crippen LogP contribution is -2.30. The number of nitrogens with zero attached hydrogens (tertiary/aromatic N) is 1. The van der Waals surface area contributed by atoms with Gasteiger partial charge < -0.3 is 14.4 Å². The van der Waals surface area contributed by atoms with Crippen molar-refractivity contribution in [2.45, 2.75) is 31.6 Å². The van der Waals surface area contributed by atoms with Gasteiger partial charge in [-0.05, 0) is 89.5 Å². The van der Waals surface area contributed by atoms with Crippen molar-refractivity contribution in [2.24, 2.45) is 0 Å². The minimum absolute atomic E-state index is 0.00750. The first kappa shape index (κ1) is 23.3. The van der Waals surface area contributed by atoms with Crippen LogP contribution in [0.4, 0.5) is 4.39 Å². The van der Waals surface area contributed by atoms with Gasteiger partial charge in [0.25, 0.3) is 5.91 Å². The molecular formula is C27H27BrFNO3. The monoisotopic (exact) mass is 511 g/mol. The zero-order chi connectivity index (χ0) is 23.5.